The highest BCUT2D eigenvalue weighted by Crippen LogP contribution is 2.51. The first kappa shape index (κ1) is 25.7. The molecule has 1 aromatic rings. The third-order valence-corrected chi connectivity index (χ3v) is 8.18. The summed E-state index contributed by atoms with van der Waals surface area (Å²) < 4.78 is 11.7. The van der Waals surface area contributed by atoms with Gasteiger partial charge in [-0.25, -0.2) is 0 Å². The Morgan fingerprint density at radius 1 is 1.19 bits per heavy atom. The van der Waals surface area contributed by atoms with Crippen LogP contribution in [0.5, 0.6) is 11.5 Å². The molecule has 0 radical (unpaired) electrons. The van der Waals surface area contributed by atoms with Gasteiger partial charge >= 0.3 is 0 Å². The third kappa shape index (κ3) is 5.11. The van der Waals surface area contributed by atoms with E-state index in [0.717, 1.165) is 38.5 Å². The number of hydrogen-bond acceptors (Lipinski definition) is 7. The molecule has 1 aromatic carbocycles. The number of hydrogen-bond donors (Lipinski definition) is 3. The normalized spacial score (nSPS) is 26.5. The summed E-state index contributed by atoms with van der Waals surface area (Å²) in [6, 6.07) is 2.49. The van der Waals surface area contributed by atoms with Gasteiger partial charge in [-0.2, -0.15) is 0 Å². The molecular formula is C28H36N2O7. The molecule has 1 aliphatic heterocycles. The molecule has 1 heterocycles. The quantitative estimate of drug-likeness (QED) is 0.409. The lowest BCUT2D eigenvalue weighted by molar-refractivity contribution is -0.138. The van der Waals surface area contributed by atoms with Crippen LogP contribution >= 0.6 is 0 Å². The molecule has 9 nitrogen and oxygen atoms in total. The lowest BCUT2D eigenvalue weighted by atomic mass is 9.77. The first-order chi connectivity index (χ1) is 17.9. The SMILES string of the molecule is COc1cc(C=O)cc2c1OC1C2C(C(=O)NCCO)=CC(N(CC2CC2)C(=O)CC2CCCC2)C1O. The minimum absolute atomic E-state index is 0.00370. The van der Waals surface area contributed by atoms with Gasteiger partial charge in [0.05, 0.1) is 25.7 Å². The number of methoxy groups -OCH3 is 1. The zero-order valence-corrected chi connectivity index (χ0v) is 21.2. The van der Waals surface area contributed by atoms with Crippen molar-refractivity contribution in [3.63, 3.8) is 0 Å². The molecule has 37 heavy (non-hydrogen) atoms. The molecule has 200 valence electrons. The van der Waals surface area contributed by atoms with E-state index < -0.39 is 30.1 Å². The fourth-order valence-electron chi connectivity index (χ4n) is 6.11. The Hall–Kier alpha value is -2.91. The summed E-state index contributed by atoms with van der Waals surface area (Å²) in [4.78, 5) is 40.3. The van der Waals surface area contributed by atoms with Crippen LogP contribution in [-0.2, 0) is 9.59 Å². The molecule has 2 amide bonds. The maximum atomic E-state index is 13.6. The van der Waals surface area contributed by atoms with Crippen LogP contribution in [0.2, 0.25) is 0 Å². The number of nitrogens with zero attached hydrogens (tertiary/aromatic N) is 1. The van der Waals surface area contributed by atoms with Gasteiger partial charge in [-0.15, -0.1) is 0 Å². The van der Waals surface area contributed by atoms with Crippen molar-refractivity contribution in [2.24, 2.45) is 11.8 Å². The molecule has 4 aliphatic rings. The summed E-state index contributed by atoms with van der Waals surface area (Å²) in [7, 11) is 1.47. The van der Waals surface area contributed by atoms with Crippen molar-refractivity contribution in [2.75, 3.05) is 26.8 Å². The summed E-state index contributed by atoms with van der Waals surface area (Å²) in [5, 5.41) is 23.6. The highest BCUT2D eigenvalue weighted by Gasteiger charge is 2.52. The van der Waals surface area contributed by atoms with Crippen molar-refractivity contribution in [2.45, 2.75) is 69.1 Å². The van der Waals surface area contributed by atoms with Gasteiger partial charge in [0.1, 0.15) is 18.5 Å². The van der Waals surface area contributed by atoms with E-state index in [9.17, 15) is 24.6 Å². The van der Waals surface area contributed by atoms with Gasteiger partial charge in [0.2, 0.25) is 11.8 Å². The monoisotopic (exact) mass is 512 g/mol. The van der Waals surface area contributed by atoms with E-state index in [1.807, 2.05) is 0 Å². The fraction of sp³-hybridized carbons (Fsp3) is 0.607. The number of nitrogens with one attached hydrogen (secondary N) is 1. The molecule has 2 saturated carbocycles. The van der Waals surface area contributed by atoms with E-state index in [2.05, 4.69) is 5.32 Å². The molecule has 2 fully saturated rings. The third-order valence-electron chi connectivity index (χ3n) is 8.18. The van der Waals surface area contributed by atoms with Crippen LogP contribution in [0.4, 0.5) is 0 Å². The highest BCUT2D eigenvalue weighted by molar-refractivity contribution is 5.96. The van der Waals surface area contributed by atoms with Crippen molar-refractivity contribution in [3.05, 3.63) is 34.9 Å². The van der Waals surface area contributed by atoms with Crippen LogP contribution in [0.25, 0.3) is 0 Å². The van der Waals surface area contributed by atoms with Gasteiger partial charge in [-0.05, 0) is 55.7 Å². The molecule has 0 aromatic heterocycles. The fourth-order valence-corrected chi connectivity index (χ4v) is 6.11. The van der Waals surface area contributed by atoms with Crippen LogP contribution in [0.3, 0.4) is 0 Å². The number of aliphatic hydroxyl groups excluding tert-OH is 2. The second-order valence-electron chi connectivity index (χ2n) is 10.7. The van der Waals surface area contributed by atoms with Crippen molar-refractivity contribution in [1.82, 2.24) is 10.2 Å². The average molecular weight is 513 g/mol. The molecule has 4 atom stereocenters. The molecule has 0 saturated heterocycles. The average Bonchev–Trinajstić information content (AvgIpc) is 3.42. The molecule has 0 bridgehead atoms. The number of amides is 2. The Bertz CT molecular complexity index is 1080. The number of fused-ring (bicyclic) bond motifs is 3. The zero-order valence-electron chi connectivity index (χ0n) is 21.2. The van der Waals surface area contributed by atoms with Crippen LogP contribution in [-0.4, -0.2) is 78.3 Å². The van der Waals surface area contributed by atoms with E-state index in [1.54, 1.807) is 23.1 Å². The largest absolute Gasteiger partial charge is 0.493 e. The molecule has 3 aliphatic carbocycles. The van der Waals surface area contributed by atoms with E-state index in [1.165, 1.54) is 7.11 Å². The van der Waals surface area contributed by atoms with Gasteiger partial charge in [0, 0.05) is 36.2 Å². The van der Waals surface area contributed by atoms with Crippen LogP contribution in [0.1, 0.15) is 66.8 Å². The first-order valence-electron chi connectivity index (χ1n) is 13.4. The molecule has 3 N–H and O–H groups in total. The summed E-state index contributed by atoms with van der Waals surface area (Å²) in [5.74, 6) is 0.439. The number of aliphatic hydroxyl groups is 2. The predicted octanol–water partition coefficient (Wildman–Crippen LogP) is 1.95. The van der Waals surface area contributed by atoms with Crippen molar-refractivity contribution in [1.29, 1.82) is 0 Å². The van der Waals surface area contributed by atoms with E-state index >= 15 is 0 Å². The highest BCUT2D eigenvalue weighted by atomic mass is 16.5. The minimum Gasteiger partial charge on any atom is -0.493 e. The molecular weight excluding hydrogens is 476 g/mol. The lowest BCUT2D eigenvalue weighted by Gasteiger charge is -2.41. The maximum absolute atomic E-state index is 13.6. The number of ether oxygens (including phenoxy) is 2. The summed E-state index contributed by atoms with van der Waals surface area (Å²) in [6.07, 6.45) is 7.39. The Kier molecular flexibility index (Phi) is 7.53. The van der Waals surface area contributed by atoms with Gasteiger partial charge in [-0.1, -0.05) is 12.8 Å². The van der Waals surface area contributed by atoms with Crippen LogP contribution < -0.4 is 14.8 Å². The van der Waals surface area contributed by atoms with Crippen molar-refractivity contribution >= 4 is 18.1 Å². The van der Waals surface area contributed by atoms with E-state index in [-0.39, 0.29) is 19.1 Å². The second kappa shape index (κ2) is 10.8. The zero-order chi connectivity index (χ0) is 26.1. The Balaban J connectivity index is 1.53. The number of rotatable bonds is 10. The second-order valence-corrected chi connectivity index (χ2v) is 10.7. The Labute approximate surface area is 216 Å². The Morgan fingerprint density at radius 2 is 1.95 bits per heavy atom. The number of benzene rings is 1. The molecule has 4 unspecified atom stereocenters. The molecule has 0 spiro atoms. The van der Waals surface area contributed by atoms with Crippen molar-refractivity contribution < 1.29 is 34.1 Å². The van der Waals surface area contributed by atoms with Crippen LogP contribution in [0.15, 0.2) is 23.8 Å². The minimum atomic E-state index is -1.08. The number of carbonyl (C=O) groups is 3. The topological polar surface area (TPSA) is 125 Å². The van der Waals surface area contributed by atoms with Gasteiger partial charge in [-0.3, -0.25) is 14.4 Å². The maximum Gasteiger partial charge on any atom is 0.247 e. The van der Waals surface area contributed by atoms with Crippen LogP contribution in [0, 0.1) is 11.8 Å². The molecule has 9 heteroatoms. The smallest absolute Gasteiger partial charge is 0.247 e. The summed E-state index contributed by atoms with van der Waals surface area (Å²) >= 11 is 0. The lowest BCUT2D eigenvalue weighted by Crippen LogP contribution is -2.56. The van der Waals surface area contributed by atoms with E-state index in [4.69, 9.17) is 9.47 Å². The standard InChI is InChI=1S/C28H36N2O7/c1-36-22-11-18(15-32)10-19-24-20(28(35)29-8-9-31)13-21(25(34)27(24)37-26(19)22)30(14-17-6-7-17)23(33)12-16-4-2-3-5-16/h10-11,13,15-17,21,24-25,27,31,34H,2-9,12,14H2,1H3,(H,29,35). The van der Waals surface area contributed by atoms with Gasteiger partial charge < -0.3 is 29.9 Å². The number of carbonyl (C=O) groups excluding carboxylic acids is 3. The van der Waals surface area contributed by atoms with E-state index in [0.29, 0.717) is 59.3 Å². The van der Waals surface area contributed by atoms with Crippen molar-refractivity contribution in [3.8, 4) is 11.5 Å². The number of aldehydes is 1. The predicted molar refractivity (Wildman–Crippen MR) is 135 cm³/mol. The van der Waals surface area contributed by atoms with Gasteiger partial charge in [0.15, 0.2) is 11.5 Å². The molecule has 5 rings (SSSR count). The first-order valence-corrected chi connectivity index (χ1v) is 13.4. The van der Waals surface area contributed by atoms with Gasteiger partial charge in [0.25, 0.3) is 0 Å². The summed E-state index contributed by atoms with van der Waals surface area (Å²) in [6.45, 7) is 0.389. The summed E-state index contributed by atoms with van der Waals surface area (Å²) in [5.41, 5.74) is 1.31. The Morgan fingerprint density at radius 3 is 2.59 bits per heavy atom.